The highest BCUT2D eigenvalue weighted by atomic mass is 16.5. The van der Waals surface area contributed by atoms with Gasteiger partial charge in [-0.1, -0.05) is 24.1 Å². The molecule has 0 fully saturated rings. The molecule has 4 heteroatoms. The number of rotatable bonds is 7. The number of ether oxygens (including phenoxy) is 1. The molecule has 0 unspecified atom stereocenters. The van der Waals surface area contributed by atoms with Gasteiger partial charge in [-0.05, 0) is 38.3 Å². The van der Waals surface area contributed by atoms with E-state index >= 15 is 0 Å². The summed E-state index contributed by atoms with van der Waals surface area (Å²) in [5.41, 5.74) is 2.13. The van der Waals surface area contributed by atoms with E-state index < -0.39 is 0 Å². The minimum atomic E-state index is -0.198. The van der Waals surface area contributed by atoms with Crippen molar-refractivity contribution in [1.29, 1.82) is 0 Å². The summed E-state index contributed by atoms with van der Waals surface area (Å²) >= 11 is 0. The second-order valence-corrected chi connectivity index (χ2v) is 5.04. The SMILES string of the molecule is CC(=O)NCCCCCC(=O)Oc1ccc(C)cc1C. The lowest BCUT2D eigenvalue weighted by atomic mass is 10.1. The molecular weight excluding hydrogens is 254 g/mol. The Morgan fingerprint density at radius 2 is 1.90 bits per heavy atom. The van der Waals surface area contributed by atoms with Crippen LogP contribution in [0.2, 0.25) is 0 Å². The van der Waals surface area contributed by atoms with Crippen molar-refractivity contribution < 1.29 is 14.3 Å². The molecule has 0 atom stereocenters. The molecule has 0 aromatic heterocycles. The van der Waals surface area contributed by atoms with Gasteiger partial charge in [0.2, 0.25) is 5.91 Å². The number of aryl methyl sites for hydroxylation is 2. The summed E-state index contributed by atoms with van der Waals surface area (Å²) in [4.78, 5) is 22.4. The van der Waals surface area contributed by atoms with Crippen LogP contribution in [0.25, 0.3) is 0 Å². The van der Waals surface area contributed by atoms with E-state index in [0.29, 0.717) is 18.7 Å². The number of esters is 1. The lowest BCUT2D eigenvalue weighted by molar-refractivity contribution is -0.134. The van der Waals surface area contributed by atoms with E-state index in [9.17, 15) is 9.59 Å². The first-order valence-corrected chi connectivity index (χ1v) is 7.01. The maximum Gasteiger partial charge on any atom is 0.311 e. The topological polar surface area (TPSA) is 55.4 Å². The lowest BCUT2D eigenvalue weighted by Crippen LogP contribution is -2.20. The summed E-state index contributed by atoms with van der Waals surface area (Å²) in [7, 11) is 0. The third-order valence-electron chi connectivity index (χ3n) is 2.99. The molecule has 0 aliphatic carbocycles. The first-order valence-electron chi connectivity index (χ1n) is 7.01. The first-order chi connectivity index (χ1) is 9.49. The molecule has 0 aliphatic heterocycles. The number of amides is 1. The summed E-state index contributed by atoms with van der Waals surface area (Å²) in [6, 6.07) is 5.76. The number of benzene rings is 1. The Balaban J connectivity index is 2.22. The zero-order valence-corrected chi connectivity index (χ0v) is 12.5. The molecule has 0 saturated carbocycles. The molecule has 110 valence electrons. The minimum absolute atomic E-state index is 0.0146. The molecule has 1 aromatic rings. The van der Waals surface area contributed by atoms with Crippen LogP contribution >= 0.6 is 0 Å². The van der Waals surface area contributed by atoms with Gasteiger partial charge in [0.25, 0.3) is 0 Å². The van der Waals surface area contributed by atoms with Gasteiger partial charge in [0.05, 0.1) is 0 Å². The van der Waals surface area contributed by atoms with E-state index in [1.807, 2.05) is 32.0 Å². The van der Waals surface area contributed by atoms with Crippen molar-refractivity contribution in [3.63, 3.8) is 0 Å². The fourth-order valence-corrected chi connectivity index (χ4v) is 1.92. The van der Waals surface area contributed by atoms with Crippen LogP contribution in [0.3, 0.4) is 0 Å². The quantitative estimate of drug-likeness (QED) is 0.473. The predicted molar refractivity (Wildman–Crippen MR) is 78.7 cm³/mol. The molecule has 1 N–H and O–H groups in total. The Morgan fingerprint density at radius 3 is 2.55 bits per heavy atom. The van der Waals surface area contributed by atoms with Gasteiger partial charge in [-0.15, -0.1) is 0 Å². The summed E-state index contributed by atoms with van der Waals surface area (Å²) in [6.45, 7) is 6.11. The van der Waals surface area contributed by atoms with Crippen LogP contribution in [0.1, 0.15) is 43.7 Å². The van der Waals surface area contributed by atoms with Crippen LogP contribution < -0.4 is 10.1 Å². The lowest BCUT2D eigenvalue weighted by Gasteiger charge is -2.08. The Bertz CT molecular complexity index is 469. The fraction of sp³-hybridized carbons (Fsp3) is 0.500. The van der Waals surface area contributed by atoms with Gasteiger partial charge < -0.3 is 10.1 Å². The number of nitrogens with one attached hydrogen (secondary N) is 1. The van der Waals surface area contributed by atoms with E-state index in [0.717, 1.165) is 30.4 Å². The van der Waals surface area contributed by atoms with Gasteiger partial charge in [0.15, 0.2) is 0 Å². The van der Waals surface area contributed by atoms with Crippen molar-refractivity contribution >= 4 is 11.9 Å². The second-order valence-electron chi connectivity index (χ2n) is 5.04. The van der Waals surface area contributed by atoms with E-state index in [4.69, 9.17) is 4.74 Å². The molecule has 1 amide bonds. The van der Waals surface area contributed by atoms with Crippen LogP contribution in [0.5, 0.6) is 5.75 Å². The number of hydrogen-bond acceptors (Lipinski definition) is 3. The molecule has 0 heterocycles. The first kappa shape index (κ1) is 16.2. The highest BCUT2D eigenvalue weighted by molar-refractivity contribution is 5.73. The smallest absolute Gasteiger partial charge is 0.311 e. The largest absolute Gasteiger partial charge is 0.426 e. The second kappa shape index (κ2) is 8.35. The molecule has 1 aromatic carbocycles. The molecule has 0 radical (unpaired) electrons. The third-order valence-corrected chi connectivity index (χ3v) is 2.99. The summed E-state index contributed by atoms with van der Waals surface area (Å²) in [6.07, 6.45) is 2.98. The Morgan fingerprint density at radius 1 is 1.15 bits per heavy atom. The van der Waals surface area contributed by atoms with Crippen molar-refractivity contribution in [2.45, 2.75) is 46.5 Å². The number of hydrogen-bond donors (Lipinski definition) is 1. The fourth-order valence-electron chi connectivity index (χ4n) is 1.92. The van der Waals surface area contributed by atoms with Gasteiger partial charge in [0, 0.05) is 19.9 Å². The van der Waals surface area contributed by atoms with Crippen LogP contribution in [0.15, 0.2) is 18.2 Å². The van der Waals surface area contributed by atoms with E-state index in [1.54, 1.807) is 0 Å². The molecular formula is C16H23NO3. The zero-order valence-electron chi connectivity index (χ0n) is 12.5. The van der Waals surface area contributed by atoms with E-state index in [2.05, 4.69) is 5.32 Å². The van der Waals surface area contributed by atoms with Crippen molar-refractivity contribution in [2.24, 2.45) is 0 Å². The minimum Gasteiger partial charge on any atom is -0.426 e. The maximum atomic E-state index is 11.7. The number of carbonyl (C=O) groups is 2. The van der Waals surface area contributed by atoms with Gasteiger partial charge in [-0.25, -0.2) is 0 Å². The van der Waals surface area contributed by atoms with Crippen LogP contribution in [-0.2, 0) is 9.59 Å². The third kappa shape index (κ3) is 6.36. The molecule has 0 bridgehead atoms. The van der Waals surface area contributed by atoms with E-state index in [-0.39, 0.29) is 11.9 Å². The van der Waals surface area contributed by atoms with Crippen molar-refractivity contribution in [3.05, 3.63) is 29.3 Å². The van der Waals surface area contributed by atoms with E-state index in [1.165, 1.54) is 6.92 Å². The average Bonchev–Trinajstić information content (AvgIpc) is 2.36. The Hall–Kier alpha value is -1.84. The molecule has 0 aliphatic rings. The Labute approximate surface area is 120 Å². The molecule has 0 spiro atoms. The van der Waals surface area contributed by atoms with Crippen molar-refractivity contribution in [2.75, 3.05) is 6.54 Å². The highest BCUT2D eigenvalue weighted by Gasteiger charge is 2.07. The molecule has 0 saturated heterocycles. The summed E-state index contributed by atoms with van der Waals surface area (Å²) < 4.78 is 5.34. The highest BCUT2D eigenvalue weighted by Crippen LogP contribution is 2.19. The number of unbranched alkanes of at least 4 members (excludes halogenated alkanes) is 2. The zero-order chi connectivity index (χ0) is 15.0. The van der Waals surface area contributed by atoms with Crippen molar-refractivity contribution in [1.82, 2.24) is 5.32 Å². The molecule has 1 rings (SSSR count). The van der Waals surface area contributed by atoms with Crippen LogP contribution in [0, 0.1) is 13.8 Å². The van der Waals surface area contributed by atoms with Crippen LogP contribution in [-0.4, -0.2) is 18.4 Å². The molecule has 20 heavy (non-hydrogen) atoms. The van der Waals surface area contributed by atoms with Gasteiger partial charge in [-0.2, -0.15) is 0 Å². The summed E-state index contributed by atoms with van der Waals surface area (Å²) in [5, 5.41) is 2.73. The monoisotopic (exact) mass is 277 g/mol. The maximum absolute atomic E-state index is 11.7. The molecule has 4 nitrogen and oxygen atoms in total. The van der Waals surface area contributed by atoms with Crippen LogP contribution in [0.4, 0.5) is 0 Å². The predicted octanol–water partition coefficient (Wildman–Crippen LogP) is 2.91. The van der Waals surface area contributed by atoms with Gasteiger partial charge >= 0.3 is 5.97 Å². The van der Waals surface area contributed by atoms with Crippen molar-refractivity contribution in [3.8, 4) is 5.75 Å². The Kier molecular flexibility index (Phi) is 6.77. The van der Waals surface area contributed by atoms with Gasteiger partial charge in [-0.3, -0.25) is 9.59 Å². The summed E-state index contributed by atoms with van der Waals surface area (Å²) in [5.74, 6) is 0.426. The standard InChI is InChI=1S/C16H23NO3/c1-12-8-9-15(13(2)11-12)20-16(19)7-5-4-6-10-17-14(3)18/h8-9,11H,4-7,10H2,1-3H3,(H,17,18). The number of carbonyl (C=O) groups excluding carboxylic acids is 2. The normalized spacial score (nSPS) is 10.2. The average molecular weight is 277 g/mol. The van der Waals surface area contributed by atoms with Gasteiger partial charge in [0.1, 0.15) is 5.75 Å².